The van der Waals surface area contributed by atoms with Crippen molar-refractivity contribution in [2.24, 2.45) is 0 Å². The average molecular weight is 350 g/mol. The highest BCUT2D eigenvalue weighted by Gasteiger charge is 2.19. The molecule has 0 spiro atoms. The number of aromatic amines is 1. The van der Waals surface area contributed by atoms with E-state index in [1.165, 1.54) is 0 Å². The SMILES string of the molecule is O=S(=O)(CCC1CCCO1)NCCc1nc(-c2ccccc2)n[nH]1. The molecule has 0 bridgehead atoms. The number of rotatable bonds is 8. The summed E-state index contributed by atoms with van der Waals surface area (Å²) in [7, 11) is -3.28. The topological polar surface area (TPSA) is 97.0 Å². The van der Waals surface area contributed by atoms with Crippen LogP contribution < -0.4 is 4.72 Å². The summed E-state index contributed by atoms with van der Waals surface area (Å²) in [5, 5.41) is 7.01. The standard InChI is InChI=1S/C16H22N4O3S/c21-24(22,12-9-14-7-4-11-23-14)17-10-8-15-18-16(20-19-15)13-5-2-1-3-6-13/h1-3,5-6,14,17H,4,7-12H2,(H,18,19,20). The summed E-state index contributed by atoms with van der Waals surface area (Å²) in [5.74, 6) is 1.38. The van der Waals surface area contributed by atoms with Gasteiger partial charge < -0.3 is 4.74 Å². The average Bonchev–Trinajstić information content (AvgIpc) is 3.26. The van der Waals surface area contributed by atoms with E-state index >= 15 is 0 Å². The van der Waals surface area contributed by atoms with Crippen LogP contribution in [-0.4, -0.2) is 48.6 Å². The third kappa shape index (κ3) is 4.86. The molecular weight excluding hydrogens is 328 g/mol. The number of hydrogen-bond donors (Lipinski definition) is 2. The van der Waals surface area contributed by atoms with E-state index in [0.29, 0.717) is 31.0 Å². The molecule has 0 radical (unpaired) electrons. The van der Waals surface area contributed by atoms with E-state index in [2.05, 4.69) is 19.9 Å². The molecule has 130 valence electrons. The summed E-state index contributed by atoms with van der Waals surface area (Å²) in [5.41, 5.74) is 0.928. The zero-order valence-electron chi connectivity index (χ0n) is 13.4. The smallest absolute Gasteiger partial charge is 0.211 e. The molecule has 7 nitrogen and oxygen atoms in total. The van der Waals surface area contributed by atoms with Crippen LogP contribution in [0.25, 0.3) is 11.4 Å². The van der Waals surface area contributed by atoms with Gasteiger partial charge in [-0.3, -0.25) is 5.10 Å². The number of benzene rings is 1. The van der Waals surface area contributed by atoms with Crippen LogP contribution in [0.2, 0.25) is 0 Å². The van der Waals surface area contributed by atoms with Crippen molar-refractivity contribution in [1.82, 2.24) is 19.9 Å². The first-order valence-electron chi connectivity index (χ1n) is 8.18. The quantitative estimate of drug-likeness (QED) is 0.752. The first kappa shape index (κ1) is 17.1. The molecule has 0 aliphatic carbocycles. The summed E-state index contributed by atoms with van der Waals surface area (Å²) >= 11 is 0. The van der Waals surface area contributed by atoms with Crippen molar-refractivity contribution in [1.29, 1.82) is 0 Å². The van der Waals surface area contributed by atoms with Gasteiger partial charge in [-0.05, 0) is 19.3 Å². The number of sulfonamides is 1. The molecule has 1 unspecified atom stereocenters. The van der Waals surface area contributed by atoms with Gasteiger partial charge >= 0.3 is 0 Å². The Kier molecular flexibility index (Phi) is 5.60. The van der Waals surface area contributed by atoms with Crippen LogP contribution in [0.4, 0.5) is 0 Å². The van der Waals surface area contributed by atoms with Crippen molar-refractivity contribution in [3.63, 3.8) is 0 Å². The molecule has 0 amide bonds. The highest BCUT2D eigenvalue weighted by molar-refractivity contribution is 7.89. The van der Waals surface area contributed by atoms with Crippen LogP contribution in [0.1, 0.15) is 25.1 Å². The van der Waals surface area contributed by atoms with Crippen LogP contribution in [0.15, 0.2) is 30.3 Å². The number of aromatic nitrogens is 3. The van der Waals surface area contributed by atoms with E-state index in [1.807, 2.05) is 30.3 Å². The van der Waals surface area contributed by atoms with Crippen LogP contribution in [0.3, 0.4) is 0 Å². The second-order valence-electron chi connectivity index (χ2n) is 5.86. The first-order valence-corrected chi connectivity index (χ1v) is 9.83. The molecular formula is C16H22N4O3S. The normalized spacial score (nSPS) is 18.1. The van der Waals surface area contributed by atoms with E-state index < -0.39 is 10.0 Å². The molecule has 1 aliphatic heterocycles. The van der Waals surface area contributed by atoms with Crippen molar-refractivity contribution in [2.45, 2.75) is 31.8 Å². The van der Waals surface area contributed by atoms with Crippen LogP contribution >= 0.6 is 0 Å². The molecule has 2 aromatic rings. The fourth-order valence-electron chi connectivity index (χ4n) is 2.68. The number of nitrogens with one attached hydrogen (secondary N) is 2. The van der Waals surface area contributed by atoms with Gasteiger partial charge in [-0.15, -0.1) is 0 Å². The Balaban J connectivity index is 1.45. The fourth-order valence-corrected chi connectivity index (χ4v) is 3.81. The monoisotopic (exact) mass is 350 g/mol. The summed E-state index contributed by atoms with van der Waals surface area (Å²) in [4.78, 5) is 4.39. The lowest BCUT2D eigenvalue weighted by atomic mass is 10.2. The number of H-pyrrole nitrogens is 1. The molecule has 1 fully saturated rings. The van der Waals surface area contributed by atoms with Gasteiger partial charge in [-0.25, -0.2) is 18.1 Å². The van der Waals surface area contributed by atoms with E-state index in [-0.39, 0.29) is 11.9 Å². The number of ether oxygens (including phenoxy) is 1. The maximum absolute atomic E-state index is 12.0. The molecule has 24 heavy (non-hydrogen) atoms. The molecule has 1 aliphatic rings. The van der Waals surface area contributed by atoms with Crippen molar-refractivity contribution >= 4 is 10.0 Å². The maximum Gasteiger partial charge on any atom is 0.211 e. The van der Waals surface area contributed by atoms with E-state index in [9.17, 15) is 8.42 Å². The van der Waals surface area contributed by atoms with Crippen molar-refractivity contribution in [3.05, 3.63) is 36.2 Å². The second kappa shape index (κ2) is 7.87. The third-order valence-corrected chi connectivity index (χ3v) is 5.40. The molecule has 1 saturated heterocycles. The van der Waals surface area contributed by atoms with Gasteiger partial charge in [0.25, 0.3) is 0 Å². The lowest BCUT2D eigenvalue weighted by molar-refractivity contribution is 0.109. The Morgan fingerprint density at radius 1 is 1.29 bits per heavy atom. The first-order chi connectivity index (χ1) is 11.6. The lowest BCUT2D eigenvalue weighted by Gasteiger charge is -2.10. The van der Waals surface area contributed by atoms with Gasteiger partial charge in [0.2, 0.25) is 10.0 Å². The van der Waals surface area contributed by atoms with Gasteiger partial charge in [0.1, 0.15) is 5.82 Å². The molecule has 8 heteroatoms. The Labute approximate surface area is 141 Å². The van der Waals surface area contributed by atoms with E-state index in [1.54, 1.807) is 0 Å². The molecule has 3 rings (SSSR count). The minimum absolute atomic E-state index is 0.0873. The third-order valence-electron chi connectivity index (χ3n) is 3.98. The summed E-state index contributed by atoms with van der Waals surface area (Å²) in [6.45, 7) is 1.05. The predicted molar refractivity (Wildman–Crippen MR) is 90.9 cm³/mol. The molecule has 2 N–H and O–H groups in total. The van der Waals surface area contributed by atoms with Crippen LogP contribution in [0.5, 0.6) is 0 Å². The minimum Gasteiger partial charge on any atom is -0.378 e. The minimum atomic E-state index is -3.28. The predicted octanol–water partition coefficient (Wildman–Crippen LogP) is 1.50. The Bertz CT molecular complexity index is 740. The van der Waals surface area contributed by atoms with Crippen molar-refractivity contribution in [3.8, 4) is 11.4 Å². The van der Waals surface area contributed by atoms with Crippen LogP contribution in [-0.2, 0) is 21.2 Å². The molecule has 1 atom stereocenters. The van der Waals surface area contributed by atoms with Gasteiger partial charge in [-0.2, -0.15) is 5.10 Å². The van der Waals surface area contributed by atoms with Gasteiger partial charge in [0.05, 0.1) is 11.9 Å². The van der Waals surface area contributed by atoms with Gasteiger partial charge in [-0.1, -0.05) is 30.3 Å². The zero-order chi connectivity index (χ0) is 16.8. The zero-order valence-corrected chi connectivity index (χ0v) is 14.3. The lowest BCUT2D eigenvalue weighted by Crippen LogP contribution is -2.30. The van der Waals surface area contributed by atoms with Crippen LogP contribution in [0, 0.1) is 0 Å². The van der Waals surface area contributed by atoms with E-state index in [4.69, 9.17) is 4.74 Å². The molecule has 2 heterocycles. The summed E-state index contributed by atoms with van der Waals surface area (Å²) < 4.78 is 32.0. The highest BCUT2D eigenvalue weighted by atomic mass is 32.2. The fraction of sp³-hybridized carbons (Fsp3) is 0.500. The van der Waals surface area contributed by atoms with Gasteiger partial charge in [0, 0.05) is 25.1 Å². The second-order valence-corrected chi connectivity index (χ2v) is 7.79. The molecule has 0 saturated carbocycles. The molecule has 1 aromatic carbocycles. The maximum atomic E-state index is 12.0. The van der Waals surface area contributed by atoms with Crippen molar-refractivity contribution in [2.75, 3.05) is 18.9 Å². The summed E-state index contributed by atoms with van der Waals surface area (Å²) in [6.07, 6.45) is 3.09. The largest absolute Gasteiger partial charge is 0.378 e. The molecule has 1 aromatic heterocycles. The Morgan fingerprint density at radius 2 is 2.12 bits per heavy atom. The Morgan fingerprint density at radius 3 is 2.88 bits per heavy atom. The number of hydrogen-bond acceptors (Lipinski definition) is 5. The summed E-state index contributed by atoms with van der Waals surface area (Å²) in [6, 6.07) is 9.64. The number of nitrogens with zero attached hydrogens (tertiary/aromatic N) is 2. The highest BCUT2D eigenvalue weighted by Crippen LogP contribution is 2.16. The van der Waals surface area contributed by atoms with Crippen molar-refractivity contribution < 1.29 is 13.2 Å². The van der Waals surface area contributed by atoms with E-state index in [0.717, 1.165) is 25.0 Å². The Hall–Kier alpha value is -1.77. The van der Waals surface area contributed by atoms with Gasteiger partial charge in [0.15, 0.2) is 5.82 Å².